The van der Waals surface area contributed by atoms with Crippen LogP contribution in [0.15, 0.2) is 46.9 Å². The van der Waals surface area contributed by atoms with Gasteiger partial charge in [0.1, 0.15) is 5.75 Å². The molecule has 0 amide bonds. The van der Waals surface area contributed by atoms with Gasteiger partial charge in [-0.05, 0) is 48.7 Å². The van der Waals surface area contributed by atoms with Gasteiger partial charge < -0.3 is 15.2 Å². The van der Waals surface area contributed by atoms with E-state index in [2.05, 4.69) is 15.9 Å². The van der Waals surface area contributed by atoms with Gasteiger partial charge in [0, 0.05) is 4.47 Å². The van der Waals surface area contributed by atoms with Crippen LogP contribution in [0.2, 0.25) is 0 Å². The van der Waals surface area contributed by atoms with Gasteiger partial charge in [-0.15, -0.1) is 0 Å². The van der Waals surface area contributed by atoms with E-state index >= 15 is 0 Å². The topological polar surface area (TPSA) is 44.5 Å². The summed E-state index contributed by atoms with van der Waals surface area (Å²) in [6, 6.07) is 14.1. The van der Waals surface area contributed by atoms with Crippen LogP contribution in [-0.2, 0) is 17.8 Å². The van der Waals surface area contributed by atoms with Gasteiger partial charge in [0.2, 0.25) is 0 Å². The number of halogens is 1. The molecule has 0 fully saturated rings. The van der Waals surface area contributed by atoms with Crippen molar-refractivity contribution in [1.82, 2.24) is 0 Å². The van der Waals surface area contributed by atoms with Gasteiger partial charge in [0.05, 0.1) is 6.61 Å². The van der Waals surface area contributed by atoms with Crippen LogP contribution in [0.1, 0.15) is 16.7 Å². The Morgan fingerprint density at radius 2 is 1.90 bits per heavy atom. The highest BCUT2D eigenvalue weighted by molar-refractivity contribution is 9.10. The van der Waals surface area contributed by atoms with Crippen LogP contribution in [0, 0.1) is 6.92 Å². The molecular weight excluding hydrogens is 330 g/mol. The average molecular weight is 350 g/mol. The van der Waals surface area contributed by atoms with Crippen molar-refractivity contribution >= 4 is 15.9 Å². The minimum atomic E-state index is 0.231. The van der Waals surface area contributed by atoms with E-state index in [1.54, 1.807) is 0 Å². The number of nitrogens with two attached hydrogens (primary N) is 1. The summed E-state index contributed by atoms with van der Waals surface area (Å²) in [5.41, 5.74) is 8.98. The fraction of sp³-hybridized carbons (Fsp3) is 0.294. The van der Waals surface area contributed by atoms with Crippen molar-refractivity contribution in [3.05, 3.63) is 63.6 Å². The summed E-state index contributed by atoms with van der Waals surface area (Å²) < 4.78 is 12.4. The predicted octanol–water partition coefficient (Wildman–Crippen LogP) is 3.81. The molecule has 0 spiro atoms. The zero-order chi connectivity index (χ0) is 15.1. The van der Waals surface area contributed by atoms with Crippen LogP contribution < -0.4 is 10.5 Å². The molecule has 0 unspecified atom stereocenters. The van der Waals surface area contributed by atoms with Crippen LogP contribution in [0.3, 0.4) is 0 Å². The molecular formula is C17H20BrNO2. The Hall–Kier alpha value is -1.36. The van der Waals surface area contributed by atoms with Gasteiger partial charge in [0.15, 0.2) is 6.79 Å². The van der Waals surface area contributed by atoms with Crippen LogP contribution in [0.4, 0.5) is 0 Å². The van der Waals surface area contributed by atoms with Crippen molar-refractivity contribution in [2.45, 2.75) is 20.0 Å². The number of ether oxygens (including phenoxy) is 2. The highest BCUT2D eigenvalue weighted by Gasteiger charge is 2.08. The zero-order valence-electron chi connectivity index (χ0n) is 12.1. The van der Waals surface area contributed by atoms with Gasteiger partial charge in [-0.1, -0.05) is 46.3 Å². The maximum absolute atomic E-state index is 5.80. The average Bonchev–Trinajstić information content (AvgIpc) is 2.47. The third-order valence-electron chi connectivity index (χ3n) is 3.13. The SMILES string of the molecule is Cc1cc(Br)cc(CCN)c1OCOCc1ccccc1. The highest BCUT2D eigenvalue weighted by atomic mass is 79.9. The van der Waals surface area contributed by atoms with E-state index in [4.69, 9.17) is 15.2 Å². The lowest BCUT2D eigenvalue weighted by molar-refractivity contribution is 0.00417. The number of aryl methyl sites for hydroxylation is 1. The minimum Gasteiger partial charge on any atom is -0.467 e. The maximum Gasteiger partial charge on any atom is 0.189 e. The first kappa shape index (κ1) is 16.0. The van der Waals surface area contributed by atoms with Gasteiger partial charge in [-0.25, -0.2) is 0 Å². The number of hydrogen-bond acceptors (Lipinski definition) is 3. The molecule has 0 saturated heterocycles. The third kappa shape index (κ3) is 4.84. The molecule has 21 heavy (non-hydrogen) atoms. The first-order valence-corrected chi connectivity index (χ1v) is 7.73. The van der Waals surface area contributed by atoms with E-state index in [0.717, 1.165) is 33.3 Å². The van der Waals surface area contributed by atoms with Crippen molar-refractivity contribution < 1.29 is 9.47 Å². The predicted molar refractivity (Wildman–Crippen MR) is 88.4 cm³/mol. The van der Waals surface area contributed by atoms with E-state index in [0.29, 0.717) is 13.2 Å². The summed E-state index contributed by atoms with van der Waals surface area (Å²) in [6.45, 7) is 3.39. The molecule has 4 heteroatoms. The Bertz CT molecular complexity index is 573. The Kier molecular flexibility index (Phi) is 6.23. The molecule has 2 aromatic carbocycles. The van der Waals surface area contributed by atoms with Gasteiger partial charge >= 0.3 is 0 Å². The van der Waals surface area contributed by atoms with Crippen LogP contribution in [-0.4, -0.2) is 13.3 Å². The lowest BCUT2D eigenvalue weighted by atomic mass is 10.1. The largest absolute Gasteiger partial charge is 0.467 e. The molecule has 2 aromatic rings. The van der Waals surface area contributed by atoms with E-state index in [1.165, 1.54) is 0 Å². The summed E-state index contributed by atoms with van der Waals surface area (Å²) in [6.07, 6.45) is 0.786. The molecule has 2 rings (SSSR count). The van der Waals surface area contributed by atoms with Gasteiger partial charge in [-0.2, -0.15) is 0 Å². The summed E-state index contributed by atoms with van der Waals surface area (Å²) in [5.74, 6) is 0.872. The first-order chi connectivity index (χ1) is 10.2. The lowest BCUT2D eigenvalue weighted by Gasteiger charge is -2.15. The molecule has 112 valence electrons. The Labute approximate surface area is 134 Å². The molecule has 2 N–H and O–H groups in total. The highest BCUT2D eigenvalue weighted by Crippen LogP contribution is 2.28. The molecule has 0 bridgehead atoms. The van der Waals surface area contributed by atoms with E-state index in [9.17, 15) is 0 Å². The van der Waals surface area contributed by atoms with E-state index in [1.807, 2.05) is 49.4 Å². The van der Waals surface area contributed by atoms with Crippen molar-refractivity contribution in [1.29, 1.82) is 0 Å². The summed E-state index contributed by atoms with van der Waals surface area (Å²) in [4.78, 5) is 0. The zero-order valence-corrected chi connectivity index (χ0v) is 13.7. The van der Waals surface area contributed by atoms with Crippen molar-refractivity contribution in [2.24, 2.45) is 5.73 Å². The molecule has 0 aromatic heterocycles. The molecule has 0 radical (unpaired) electrons. The monoisotopic (exact) mass is 349 g/mol. The smallest absolute Gasteiger partial charge is 0.189 e. The second-order valence-corrected chi connectivity index (χ2v) is 5.76. The second kappa shape index (κ2) is 8.17. The van der Waals surface area contributed by atoms with Crippen molar-refractivity contribution in [3.63, 3.8) is 0 Å². The molecule has 3 nitrogen and oxygen atoms in total. The van der Waals surface area contributed by atoms with Crippen LogP contribution in [0.5, 0.6) is 5.75 Å². The fourth-order valence-corrected chi connectivity index (χ4v) is 2.80. The Morgan fingerprint density at radius 3 is 2.62 bits per heavy atom. The summed E-state index contributed by atoms with van der Waals surface area (Å²) >= 11 is 3.50. The number of benzene rings is 2. The molecule has 0 aliphatic heterocycles. The molecule has 0 aliphatic rings. The lowest BCUT2D eigenvalue weighted by Crippen LogP contribution is -2.09. The number of hydrogen-bond donors (Lipinski definition) is 1. The second-order valence-electron chi connectivity index (χ2n) is 4.85. The van der Waals surface area contributed by atoms with Gasteiger partial charge in [0.25, 0.3) is 0 Å². The minimum absolute atomic E-state index is 0.231. The molecule has 0 atom stereocenters. The third-order valence-corrected chi connectivity index (χ3v) is 3.59. The van der Waals surface area contributed by atoms with E-state index in [-0.39, 0.29) is 6.79 Å². The van der Waals surface area contributed by atoms with Crippen LogP contribution >= 0.6 is 15.9 Å². The summed E-state index contributed by atoms with van der Waals surface area (Å²) in [7, 11) is 0. The quantitative estimate of drug-likeness (QED) is 0.610. The van der Waals surface area contributed by atoms with Gasteiger partial charge in [-0.3, -0.25) is 0 Å². The normalized spacial score (nSPS) is 10.6. The van der Waals surface area contributed by atoms with Crippen LogP contribution in [0.25, 0.3) is 0 Å². The molecule has 0 saturated carbocycles. The Morgan fingerprint density at radius 1 is 1.14 bits per heavy atom. The van der Waals surface area contributed by atoms with Crippen molar-refractivity contribution in [2.75, 3.05) is 13.3 Å². The molecule has 0 heterocycles. The van der Waals surface area contributed by atoms with Crippen molar-refractivity contribution in [3.8, 4) is 5.75 Å². The maximum atomic E-state index is 5.80. The Balaban J connectivity index is 1.93. The fourth-order valence-electron chi connectivity index (χ4n) is 2.18. The summed E-state index contributed by atoms with van der Waals surface area (Å²) in [5, 5.41) is 0. The standard InChI is InChI=1S/C17H20BrNO2/c1-13-9-16(18)10-15(7-8-19)17(13)21-12-20-11-14-5-3-2-4-6-14/h2-6,9-10H,7-8,11-12,19H2,1H3. The number of rotatable bonds is 7. The van der Waals surface area contributed by atoms with E-state index < -0.39 is 0 Å². The first-order valence-electron chi connectivity index (χ1n) is 6.94. The molecule has 0 aliphatic carbocycles.